The Kier molecular flexibility index (Phi) is 3.44. The Balaban J connectivity index is 2.01. The summed E-state index contributed by atoms with van der Waals surface area (Å²) in [5.41, 5.74) is -2.72. The number of piperidine rings is 1. The lowest BCUT2D eigenvalue weighted by atomic mass is 9.56. The number of cyclic esters (lactones) is 2. The Morgan fingerprint density at radius 2 is 1.61 bits per heavy atom. The zero-order chi connectivity index (χ0) is 17.2. The van der Waals surface area contributed by atoms with E-state index in [4.69, 9.17) is 4.74 Å². The number of esters is 2. The van der Waals surface area contributed by atoms with Gasteiger partial charge in [-0.15, -0.1) is 0 Å². The molecule has 0 aromatic heterocycles. The summed E-state index contributed by atoms with van der Waals surface area (Å²) in [6.45, 7) is 11.2. The molecule has 2 heterocycles. The third-order valence-electron chi connectivity index (χ3n) is 6.95. The minimum absolute atomic E-state index is 0.137. The summed E-state index contributed by atoms with van der Waals surface area (Å²) in [5.74, 6) is -0.401. The molecule has 0 aromatic carbocycles. The van der Waals surface area contributed by atoms with Crippen molar-refractivity contribution in [2.75, 3.05) is 13.1 Å². The second kappa shape index (κ2) is 4.81. The number of amides is 1. The van der Waals surface area contributed by atoms with Crippen molar-refractivity contribution in [1.29, 1.82) is 0 Å². The summed E-state index contributed by atoms with van der Waals surface area (Å²) < 4.78 is 5.06. The molecule has 3 fully saturated rings. The molecule has 1 aliphatic carbocycles. The van der Waals surface area contributed by atoms with Gasteiger partial charge in [-0.1, -0.05) is 27.7 Å². The monoisotopic (exact) mass is 321 g/mol. The van der Waals surface area contributed by atoms with Crippen molar-refractivity contribution < 1.29 is 19.1 Å². The van der Waals surface area contributed by atoms with Crippen molar-refractivity contribution in [2.24, 2.45) is 28.1 Å². The van der Waals surface area contributed by atoms with Crippen LogP contribution in [0.2, 0.25) is 0 Å². The second-order valence-corrected chi connectivity index (χ2v) is 8.70. The van der Waals surface area contributed by atoms with Crippen LogP contribution in [0, 0.1) is 28.1 Å². The van der Waals surface area contributed by atoms with Crippen LogP contribution in [0.25, 0.3) is 0 Å². The zero-order valence-corrected chi connectivity index (χ0v) is 14.8. The second-order valence-electron chi connectivity index (χ2n) is 8.70. The molecule has 0 N–H and O–H groups in total. The number of ether oxygens (including phenoxy) is 1. The van der Waals surface area contributed by atoms with Gasteiger partial charge in [0.1, 0.15) is 0 Å². The fraction of sp³-hybridized carbons (Fsp3) is 0.833. The third-order valence-corrected chi connectivity index (χ3v) is 6.95. The predicted molar refractivity (Wildman–Crippen MR) is 84.2 cm³/mol. The Bertz CT molecular complexity index is 574. The van der Waals surface area contributed by atoms with Crippen LogP contribution < -0.4 is 0 Å². The first-order valence-electron chi connectivity index (χ1n) is 8.62. The van der Waals surface area contributed by atoms with Gasteiger partial charge in [-0.3, -0.25) is 14.4 Å². The predicted octanol–water partition coefficient (Wildman–Crippen LogP) is 2.39. The Hall–Kier alpha value is -1.39. The van der Waals surface area contributed by atoms with E-state index in [0.29, 0.717) is 37.8 Å². The highest BCUT2D eigenvalue weighted by atomic mass is 16.6. The molecule has 0 aromatic rings. The molecule has 5 heteroatoms. The summed E-state index contributed by atoms with van der Waals surface area (Å²) in [6, 6.07) is 0. The Morgan fingerprint density at radius 3 is 2.17 bits per heavy atom. The molecule has 23 heavy (non-hydrogen) atoms. The largest absolute Gasteiger partial charge is 0.392 e. The van der Waals surface area contributed by atoms with Crippen molar-refractivity contribution in [1.82, 2.24) is 4.90 Å². The van der Waals surface area contributed by atoms with Crippen LogP contribution in [-0.2, 0) is 19.1 Å². The maximum absolute atomic E-state index is 13.4. The van der Waals surface area contributed by atoms with E-state index in [1.807, 2.05) is 25.7 Å². The van der Waals surface area contributed by atoms with E-state index in [-0.39, 0.29) is 5.91 Å². The van der Waals surface area contributed by atoms with Crippen LogP contribution in [0.3, 0.4) is 0 Å². The number of hydrogen-bond donors (Lipinski definition) is 0. The molecule has 3 rings (SSSR count). The minimum Gasteiger partial charge on any atom is -0.392 e. The fourth-order valence-electron chi connectivity index (χ4n) is 5.09. The third kappa shape index (κ3) is 1.88. The molecule has 1 amide bonds. The van der Waals surface area contributed by atoms with E-state index in [1.165, 1.54) is 0 Å². The smallest absolute Gasteiger partial charge is 0.329 e. The van der Waals surface area contributed by atoms with Gasteiger partial charge < -0.3 is 9.64 Å². The molecular formula is C18H27NO4. The van der Waals surface area contributed by atoms with E-state index < -0.39 is 28.2 Å². The summed E-state index contributed by atoms with van der Waals surface area (Å²) in [6.07, 6.45) is 2.02. The van der Waals surface area contributed by atoms with Gasteiger partial charge in [-0.25, -0.2) is 0 Å². The van der Waals surface area contributed by atoms with Gasteiger partial charge in [0.15, 0.2) is 5.41 Å². The maximum atomic E-state index is 13.4. The first kappa shape index (κ1) is 16.5. The van der Waals surface area contributed by atoms with E-state index in [1.54, 1.807) is 0 Å². The van der Waals surface area contributed by atoms with Crippen LogP contribution in [0.1, 0.15) is 53.9 Å². The average Bonchev–Trinajstić information content (AvgIpc) is 2.59. The van der Waals surface area contributed by atoms with Crippen molar-refractivity contribution in [3.8, 4) is 0 Å². The van der Waals surface area contributed by atoms with E-state index in [9.17, 15) is 14.4 Å². The van der Waals surface area contributed by atoms with Gasteiger partial charge in [0.25, 0.3) is 0 Å². The maximum Gasteiger partial charge on any atom is 0.329 e. The standard InChI is InChI=1S/C18H27NO4/c1-11-8-12(2)10-19(9-11)13(20)18-7-6-17(5,16(18,3)4)14(21)23-15(18)22/h11-12H,6-10H2,1-5H3. The van der Waals surface area contributed by atoms with E-state index in [2.05, 4.69) is 13.8 Å². The molecule has 4 atom stereocenters. The van der Waals surface area contributed by atoms with Gasteiger partial charge in [-0.2, -0.15) is 0 Å². The van der Waals surface area contributed by atoms with Crippen molar-refractivity contribution in [3.05, 3.63) is 0 Å². The van der Waals surface area contributed by atoms with Crippen LogP contribution in [-0.4, -0.2) is 35.8 Å². The van der Waals surface area contributed by atoms with Crippen LogP contribution in [0.15, 0.2) is 0 Å². The minimum atomic E-state index is -1.22. The molecule has 0 radical (unpaired) electrons. The van der Waals surface area contributed by atoms with E-state index in [0.717, 1.165) is 6.42 Å². The van der Waals surface area contributed by atoms with Crippen molar-refractivity contribution in [2.45, 2.75) is 53.9 Å². The summed E-state index contributed by atoms with van der Waals surface area (Å²) in [7, 11) is 0. The highest BCUT2D eigenvalue weighted by molar-refractivity contribution is 6.11. The molecule has 4 unspecified atom stereocenters. The average molecular weight is 321 g/mol. The molecule has 2 bridgehead atoms. The summed E-state index contributed by atoms with van der Waals surface area (Å²) >= 11 is 0. The number of fused-ring (bicyclic) bond motifs is 2. The molecule has 5 nitrogen and oxygen atoms in total. The molecule has 0 spiro atoms. The number of nitrogens with zero attached hydrogens (tertiary/aromatic N) is 1. The number of likely N-dealkylation sites (tertiary alicyclic amines) is 1. The molecule has 2 saturated heterocycles. The Labute approximate surface area is 137 Å². The number of hydrogen-bond acceptors (Lipinski definition) is 4. The van der Waals surface area contributed by atoms with Crippen molar-refractivity contribution >= 4 is 17.8 Å². The molecule has 3 aliphatic rings. The normalized spacial score (nSPS) is 42.6. The number of carbonyl (C=O) groups is 3. The van der Waals surface area contributed by atoms with Crippen molar-refractivity contribution in [3.63, 3.8) is 0 Å². The van der Waals surface area contributed by atoms with Gasteiger partial charge in [0, 0.05) is 18.5 Å². The highest BCUT2D eigenvalue weighted by Crippen LogP contribution is 2.66. The lowest BCUT2D eigenvalue weighted by Gasteiger charge is -2.50. The SMILES string of the molecule is CC1CC(C)CN(C(=O)C23CCC(C)(C(=O)OC2=O)C3(C)C)C1. The topological polar surface area (TPSA) is 63.7 Å². The first-order valence-corrected chi connectivity index (χ1v) is 8.62. The van der Waals surface area contributed by atoms with Gasteiger partial charge in [-0.05, 0) is 38.0 Å². The molecular weight excluding hydrogens is 294 g/mol. The Morgan fingerprint density at radius 1 is 1.04 bits per heavy atom. The summed E-state index contributed by atoms with van der Waals surface area (Å²) in [5, 5.41) is 0. The zero-order valence-electron chi connectivity index (χ0n) is 14.8. The molecule has 2 aliphatic heterocycles. The summed E-state index contributed by atoms with van der Waals surface area (Å²) in [4.78, 5) is 40.2. The van der Waals surface area contributed by atoms with Crippen LogP contribution in [0.4, 0.5) is 0 Å². The lowest BCUT2D eigenvalue weighted by molar-refractivity contribution is -0.199. The van der Waals surface area contributed by atoms with Gasteiger partial charge >= 0.3 is 11.9 Å². The molecule has 128 valence electrons. The molecule has 1 saturated carbocycles. The van der Waals surface area contributed by atoms with Crippen LogP contribution in [0.5, 0.6) is 0 Å². The van der Waals surface area contributed by atoms with Crippen LogP contribution >= 0.6 is 0 Å². The lowest BCUT2D eigenvalue weighted by Crippen LogP contribution is -2.63. The quantitative estimate of drug-likeness (QED) is 0.549. The number of carbonyl (C=O) groups excluding carboxylic acids is 3. The highest BCUT2D eigenvalue weighted by Gasteiger charge is 2.75. The van der Waals surface area contributed by atoms with Gasteiger partial charge in [0.2, 0.25) is 5.91 Å². The fourth-order valence-corrected chi connectivity index (χ4v) is 5.09. The van der Waals surface area contributed by atoms with E-state index >= 15 is 0 Å². The van der Waals surface area contributed by atoms with Gasteiger partial charge in [0.05, 0.1) is 5.41 Å². The number of rotatable bonds is 1. The first-order chi connectivity index (χ1) is 10.6.